The third kappa shape index (κ3) is 4.89. The normalized spacial score (nSPS) is 17.6. The summed E-state index contributed by atoms with van der Waals surface area (Å²) in [5.74, 6) is 1.52. The van der Waals surface area contributed by atoms with E-state index in [1.165, 1.54) is 17.3 Å². The number of nitrogens with one attached hydrogen (secondary N) is 1. The molecular formula is C21H23N3O4S. The van der Waals surface area contributed by atoms with Crippen molar-refractivity contribution in [3.05, 3.63) is 53.1 Å². The number of rotatable bonds is 7. The predicted molar refractivity (Wildman–Crippen MR) is 116 cm³/mol. The Morgan fingerprint density at radius 3 is 2.41 bits per heavy atom. The van der Waals surface area contributed by atoms with E-state index in [1.807, 2.05) is 31.2 Å². The molecule has 1 atom stereocenters. The fourth-order valence-electron chi connectivity index (χ4n) is 2.95. The van der Waals surface area contributed by atoms with Crippen LogP contribution in [-0.2, 0) is 11.2 Å². The van der Waals surface area contributed by atoms with Crippen molar-refractivity contribution < 1.29 is 19.0 Å². The van der Waals surface area contributed by atoms with Gasteiger partial charge in [0.2, 0.25) is 11.7 Å². The number of amides is 1. The lowest BCUT2D eigenvalue weighted by Gasteiger charge is -2.12. The first-order valence-electron chi connectivity index (χ1n) is 8.98. The van der Waals surface area contributed by atoms with E-state index in [0.717, 1.165) is 11.1 Å². The van der Waals surface area contributed by atoms with Crippen LogP contribution in [0.25, 0.3) is 0 Å². The van der Waals surface area contributed by atoms with Crippen LogP contribution in [0.1, 0.15) is 16.7 Å². The topological polar surface area (TPSA) is 81.5 Å². The van der Waals surface area contributed by atoms with Crippen molar-refractivity contribution in [2.24, 2.45) is 10.2 Å². The number of aryl methyl sites for hydroxylation is 1. The summed E-state index contributed by atoms with van der Waals surface area (Å²) in [7, 11) is 4.66. The molecule has 8 heteroatoms. The maximum atomic E-state index is 12.3. The highest BCUT2D eigenvalue weighted by atomic mass is 32.2. The van der Waals surface area contributed by atoms with Crippen LogP contribution in [0.2, 0.25) is 0 Å². The molecular weight excluding hydrogens is 390 g/mol. The van der Waals surface area contributed by atoms with Gasteiger partial charge in [0.25, 0.3) is 0 Å². The third-order valence-corrected chi connectivity index (χ3v) is 5.56. The molecule has 2 aromatic carbocycles. The maximum Gasteiger partial charge on any atom is 0.239 e. The average molecular weight is 413 g/mol. The molecule has 29 heavy (non-hydrogen) atoms. The molecule has 3 rings (SSSR count). The van der Waals surface area contributed by atoms with Gasteiger partial charge in [-0.1, -0.05) is 36.0 Å². The van der Waals surface area contributed by atoms with E-state index in [4.69, 9.17) is 14.2 Å². The zero-order valence-electron chi connectivity index (χ0n) is 16.8. The highest BCUT2D eigenvalue weighted by molar-refractivity contribution is 8.15. The maximum absolute atomic E-state index is 12.3. The molecule has 0 aromatic heterocycles. The monoisotopic (exact) mass is 413 g/mol. The Hall–Kier alpha value is -3.00. The van der Waals surface area contributed by atoms with Gasteiger partial charge in [-0.15, -0.1) is 5.10 Å². The van der Waals surface area contributed by atoms with Gasteiger partial charge >= 0.3 is 0 Å². The Morgan fingerprint density at radius 2 is 1.79 bits per heavy atom. The molecule has 1 N–H and O–H groups in total. The molecule has 2 aromatic rings. The summed E-state index contributed by atoms with van der Waals surface area (Å²) in [4.78, 5) is 12.3. The van der Waals surface area contributed by atoms with E-state index >= 15 is 0 Å². The summed E-state index contributed by atoms with van der Waals surface area (Å²) in [6.45, 7) is 2.05. The van der Waals surface area contributed by atoms with Crippen molar-refractivity contribution in [3.63, 3.8) is 0 Å². The SMILES string of the molecule is COc1cc(C=N/N=C2/NC(=O)C(Cc3ccccc3C)S2)cc(OC)c1OC. The molecule has 1 saturated heterocycles. The van der Waals surface area contributed by atoms with Crippen molar-refractivity contribution in [1.82, 2.24) is 5.32 Å². The van der Waals surface area contributed by atoms with Gasteiger partial charge in [0, 0.05) is 5.56 Å². The van der Waals surface area contributed by atoms with E-state index in [-0.39, 0.29) is 11.2 Å². The summed E-state index contributed by atoms with van der Waals surface area (Å²) >= 11 is 1.39. The second-order valence-corrected chi connectivity index (χ2v) is 7.53. The van der Waals surface area contributed by atoms with Crippen molar-refractivity contribution in [2.75, 3.05) is 21.3 Å². The third-order valence-electron chi connectivity index (χ3n) is 4.49. The summed E-state index contributed by atoms with van der Waals surface area (Å²) in [5.41, 5.74) is 3.06. The minimum absolute atomic E-state index is 0.0556. The molecule has 1 aliphatic rings. The smallest absolute Gasteiger partial charge is 0.239 e. The second-order valence-electron chi connectivity index (χ2n) is 6.33. The van der Waals surface area contributed by atoms with Crippen LogP contribution < -0.4 is 19.5 Å². The fraction of sp³-hybridized carbons (Fsp3) is 0.286. The Bertz CT molecular complexity index is 934. The Kier molecular flexibility index (Phi) is 6.77. The van der Waals surface area contributed by atoms with Crippen LogP contribution in [0.3, 0.4) is 0 Å². The second kappa shape index (κ2) is 9.47. The van der Waals surface area contributed by atoms with Gasteiger partial charge in [-0.2, -0.15) is 5.10 Å². The lowest BCUT2D eigenvalue weighted by molar-refractivity contribution is -0.118. The quantitative estimate of drug-likeness (QED) is 0.557. The van der Waals surface area contributed by atoms with Crippen LogP contribution >= 0.6 is 11.8 Å². The van der Waals surface area contributed by atoms with Gasteiger partial charge in [0.05, 0.1) is 32.8 Å². The van der Waals surface area contributed by atoms with E-state index in [1.54, 1.807) is 39.7 Å². The molecule has 1 heterocycles. The summed E-state index contributed by atoms with van der Waals surface area (Å²) in [6.07, 6.45) is 2.22. The highest BCUT2D eigenvalue weighted by Gasteiger charge is 2.30. The molecule has 7 nitrogen and oxygen atoms in total. The molecule has 1 aliphatic heterocycles. The molecule has 0 spiro atoms. The van der Waals surface area contributed by atoms with Crippen LogP contribution in [0.4, 0.5) is 0 Å². The van der Waals surface area contributed by atoms with Crippen molar-refractivity contribution in [2.45, 2.75) is 18.6 Å². The molecule has 1 amide bonds. The standard InChI is InChI=1S/C21H23N3O4S/c1-13-7-5-6-8-15(13)11-18-20(25)23-21(29-18)24-22-12-14-9-16(26-2)19(28-4)17(10-14)27-3/h5-10,12,18H,11H2,1-4H3,(H,23,24,25). The van der Waals surface area contributed by atoms with Crippen LogP contribution in [0.15, 0.2) is 46.6 Å². The molecule has 1 fully saturated rings. The lowest BCUT2D eigenvalue weighted by atomic mass is 10.0. The number of nitrogens with zero attached hydrogens (tertiary/aromatic N) is 2. The number of hydrogen-bond donors (Lipinski definition) is 1. The molecule has 1 unspecified atom stereocenters. The number of thioether (sulfide) groups is 1. The minimum atomic E-state index is -0.216. The number of carbonyl (C=O) groups excluding carboxylic acids is 1. The number of benzene rings is 2. The van der Waals surface area contributed by atoms with Gasteiger partial charge in [-0.3, -0.25) is 4.79 Å². The number of methoxy groups -OCH3 is 3. The Morgan fingerprint density at radius 1 is 1.10 bits per heavy atom. The Balaban J connectivity index is 1.71. The molecule has 0 radical (unpaired) electrons. The lowest BCUT2D eigenvalue weighted by Crippen LogP contribution is -2.26. The number of hydrogen-bond acceptors (Lipinski definition) is 7. The average Bonchev–Trinajstić information content (AvgIpc) is 3.07. The summed E-state index contributed by atoms with van der Waals surface area (Å²) in [6, 6.07) is 11.6. The molecule has 0 saturated carbocycles. The largest absolute Gasteiger partial charge is 0.493 e. The van der Waals surface area contributed by atoms with E-state index < -0.39 is 0 Å². The number of carbonyl (C=O) groups is 1. The Labute approximate surface area is 174 Å². The first-order chi connectivity index (χ1) is 14.0. The molecule has 152 valence electrons. The fourth-order valence-corrected chi connectivity index (χ4v) is 3.90. The summed E-state index contributed by atoms with van der Waals surface area (Å²) in [5, 5.41) is 11.3. The van der Waals surface area contributed by atoms with Crippen LogP contribution in [0.5, 0.6) is 17.2 Å². The van der Waals surface area contributed by atoms with Crippen molar-refractivity contribution >= 4 is 29.1 Å². The van der Waals surface area contributed by atoms with Crippen LogP contribution in [-0.4, -0.2) is 43.9 Å². The van der Waals surface area contributed by atoms with Gasteiger partial charge in [-0.25, -0.2) is 0 Å². The van der Waals surface area contributed by atoms with E-state index in [0.29, 0.717) is 28.8 Å². The summed E-state index contributed by atoms with van der Waals surface area (Å²) < 4.78 is 16.0. The van der Waals surface area contributed by atoms with Crippen molar-refractivity contribution in [1.29, 1.82) is 0 Å². The van der Waals surface area contributed by atoms with Crippen LogP contribution in [0, 0.1) is 6.92 Å². The van der Waals surface area contributed by atoms with Gasteiger partial charge in [0.1, 0.15) is 0 Å². The zero-order chi connectivity index (χ0) is 20.8. The number of ether oxygens (including phenoxy) is 3. The molecule has 0 aliphatic carbocycles. The molecule has 0 bridgehead atoms. The minimum Gasteiger partial charge on any atom is -0.493 e. The highest BCUT2D eigenvalue weighted by Crippen LogP contribution is 2.37. The zero-order valence-corrected chi connectivity index (χ0v) is 17.6. The van der Waals surface area contributed by atoms with Gasteiger partial charge < -0.3 is 19.5 Å². The first-order valence-corrected chi connectivity index (χ1v) is 9.86. The van der Waals surface area contributed by atoms with E-state index in [9.17, 15) is 4.79 Å². The predicted octanol–water partition coefficient (Wildman–Crippen LogP) is 3.19. The van der Waals surface area contributed by atoms with Crippen molar-refractivity contribution in [3.8, 4) is 17.2 Å². The van der Waals surface area contributed by atoms with E-state index in [2.05, 4.69) is 15.5 Å². The van der Waals surface area contributed by atoms with Gasteiger partial charge in [0.15, 0.2) is 16.7 Å². The van der Waals surface area contributed by atoms with Gasteiger partial charge in [-0.05, 0) is 36.6 Å². The number of amidine groups is 1. The first kappa shape index (κ1) is 20.7.